The number of carboxylic acid groups (broad SMARTS) is 1. The summed E-state index contributed by atoms with van der Waals surface area (Å²) in [5.74, 6) is -0.988. The Morgan fingerprint density at radius 3 is 2.07 bits per heavy atom. The molecule has 0 aromatic rings. The van der Waals surface area contributed by atoms with E-state index >= 15 is 0 Å². The lowest BCUT2D eigenvalue weighted by Crippen LogP contribution is -2.41. The van der Waals surface area contributed by atoms with Crippen LogP contribution in [0.25, 0.3) is 0 Å². The van der Waals surface area contributed by atoms with Gasteiger partial charge in [0.25, 0.3) is 0 Å². The average Bonchev–Trinajstić information content (AvgIpc) is 2.75. The molecule has 5 heteroatoms. The maximum atomic E-state index is 10.7. The first-order valence-corrected chi connectivity index (χ1v) is 5.33. The van der Waals surface area contributed by atoms with Gasteiger partial charge in [-0.15, -0.1) is 0 Å². The lowest BCUT2D eigenvalue weighted by atomic mass is 9.80. The summed E-state index contributed by atoms with van der Waals surface area (Å²) in [7, 11) is -0.351. The highest BCUT2D eigenvalue weighted by molar-refractivity contribution is 6.49. The Kier molecular flexibility index (Phi) is 2.18. The van der Waals surface area contributed by atoms with Crippen LogP contribution in [0.5, 0.6) is 0 Å². The van der Waals surface area contributed by atoms with Crippen LogP contribution >= 0.6 is 0 Å². The summed E-state index contributed by atoms with van der Waals surface area (Å²) in [6.07, 6.45) is 0.673. The Hall–Kier alpha value is -0.545. The molecule has 2 atom stereocenters. The van der Waals surface area contributed by atoms with Crippen molar-refractivity contribution in [3.63, 3.8) is 0 Å². The molecule has 1 saturated heterocycles. The van der Waals surface area contributed by atoms with Crippen molar-refractivity contribution in [3.8, 4) is 0 Å². The van der Waals surface area contributed by atoms with Gasteiger partial charge in [-0.25, -0.2) is 0 Å². The summed E-state index contributed by atoms with van der Waals surface area (Å²) in [6.45, 7) is 7.91. The van der Waals surface area contributed by atoms with Crippen molar-refractivity contribution in [1.29, 1.82) is 0 Å². The molecule has 0 aromatic carbocycles. The molecule has 0 amide bonds. The topological polar surface area (TPSA) is 55.8 Å². The highest BCUT2D eigenvalue weighted by Gasteiger charge is 2.61. The number of carbonyl (C=O) groups is 1. The third-order valence-corrected chi connectivity index (χ3v) is 3.78. The predicted octanol–water partition coefficient (Wildman–Crippen LogP) is 1.55. The molecule has 1 aliphatic heterocycles. The molecule has 1 N–H and O–H groups in total. The second kappa shape index (κ2) is 2.98. The number of rotatable bonds is 2. The van der Waals surface area contributed by atoms with Crippen LogP contribution in [0.3, 0.4) is 0 Å². The van der Waals surface area contributed by atoms with Gasteiger partial charge < -0.3 is 14.4 Å². The maximum absolute atomic E-state index is 10.7. The van der Waals surface area contributed by atoms with Gasteiger partial charge in [-0.05, 0) is 34.1 Å². The molecular weight excluding hydrogens is 195 g/mol. The van der Waals surface area contributed by atoms with Crippen molar-refractivity contribution >= 4 is 13.1 Å². The van der Waals surface area contributed by atoms with E-state index in [1.54, 1.807) is 0 Å². The molecule has 15 heavy (non-hydrogen) atoms. The third kappa shape index (κ3) is 1.68. The number of aliphatic carboxylic acids is 1. The molecule has 0 unspecified atom stereocenters. The summed E-state index contributed by atoms with van der Waals surface area (Å²) >= 11 is 0. The van der Waals surface area contributed by atoms with E-state index < -0.39 is 5.97 Å². The van der Waals surface area contributed by atoms with E-state index in [0.717, 1.165) is 0 Å². The van der Waals surface area contributed by atoms with Crippen molar-refractivity contribution in [2.24, 2.45) is 5.92 Å². The molecule has 1 aliphatic carbocycles. The van der Waals surface area contributed by atoms with Crippen LogP contribution in [0.1, 0.15) is 34.1 Å². The molecule has 1 heterocycles. The zero-order valence-corrected chi connectivity index (χ0v) is 9.61. The van der Waals surface area contributed by atoms with Crippen LogP contribution in [-0.4, -0.2) is 29.4 Å². The fourth-order valence-corrected chi connectivity index (χ4v) is 1.86. The Morgan fingerprint density at radius 1 is 1.27 bits per heavy atom. The lowest BCUT2D eigenvalue weighted by molar-refractivity contribution is -0.138. The second-order valence-electron chi connectivity index (χ2n) is 5.47. The first-order chi connectivity index (χ1) is 6.74. The van der Waals surface area contributed by atoms with Crippen molar-refractivity contribution in [1.82, 2.24) is 0 Å². The molecule has 2 aliphatic rings. The van der Waals surface area contributed by atoms with Gasteiger partial charge in [-0.3, -0.25) is 4.79 Å². The van der Waals surface area contributed by atoms with E-state index in [1.165, 1.54) is 0 Å². The van der Waals surface area contributed by atoms with Gasteiger partial charge in [0, 0.05) is 5.82 Å². The van der Waals surface area contributed by atoms with Gasteiger partial charge in [0.15, 0.2) is 0 Å². The highest BCUT2D eigenvalue weighted by Crippen LogP contribution is 2.53. The minimum Gasteiger partial charge on any atom is -0.481 e. The Morgan fingerprint density at radius 2 is 1.73 bits per heavy atom. The van der Waals surface area contributed by atoms with Crippen LogP contribution < -0.4 is 0 Å². The highest BCUT2D eigenvalue weighted by atomic mass is 16.7. The average molecular weight is 212 g/mol. The largest absolute Gasteiger partial charge is 0.481 e. The second-order valence-corrected chi connectivity index (χ2v) is 5.47. The molecule has 1 saturated carbocycles. The number of carboxylic acids is 1. The summed E-state index contributed by atoms with van der Waals surface area (Å²) in [6, 6.07) is 0. The summed E-state index contributed by atoms with van der Waals surface area (Å²) < 4.78 is 11.6. The number of hydrogen-bond acceptors (Lipinski definition) is 3. The van der Waals surface area contributed by atoms with E-state index in [2.05, 4.69) is 0 Å². The van der Waals surface area contributed by atoms with Crippen molar-refractivity contribution in [3.05, 3.63) is 0 Å². The molecule has 0 aromatic heterocycles. The van der Waals surface area contributed by atoms with Crippen LogP contribution in [0.2, 0.25) is 5.82 Å². The standard InChI is InChI=1S/C10H17BO4/c1-9(2)10(3,4)15-11(14-9)7-5-6(7)8(12)13/h6-7H,5H2,1-4H3,(H,12,13)/t6-,7+/m0/s1. The SMILES string of the molecule is CC1(C)OB([C@@H]2C[C@@H]2C(=O)O)OC1(C)C. The van der Waals surface area contributed by atoms with Gasteiger partial charge in [0.05, 0.1) is 17.1 Å². The molecule has 2 fully saturated rings. The molecule has 4 nitrogen and oxygen atoms in total. The van der Waals surface area contributed by atoms with Crippen LogP contribution in [0.15, 0.2) is 0 Å². The van der Waals surface area contributed by atoms with E-state index in [1.807, 2.05) is 27.7 Å². The van der Waals surface area contributed by atoms with Crippen molar-refractivity contribution in [2.75, 3.05) is 0 Å². The van der Waals surface area contributed by atoms with Gasteiger partial charge in [0.1, 0.15) is 0 Å². The molecule has 0 radical (unpaired) electrons. The van der Waals surface area contributed by atoms with Crippen LogP contribution in [0, 0.1) is 5.92 Å². The van der Waals surface area contributed by atoms with Gasteiger partial charge >= 0.3 is 13.1 Å². The fourth-order valence-electron chi connectivity index (χ4n) is 1.86. The lowest BCUT2D eigenvalue weighted by Gasteiger charge is -2.32. The van der Waals surface area contributed by atoms with E-state index in [9.17, 15) is 4.79 Å². The van der Waals surface area contributed by atoms with E-state index in [4.69, 9.17) is 14.4 Å². The minimum absolute atomic E-state index is 0.0311. The van der Waals surface area contributed by atoms with Crippen molar-refractivity contribution in [2.45, 2.75) is 51.1 Å². The Bertz CT molecular complexity index is 284. The summed E-state index contributed by atoms with van der Waals surface area (Å²) in [5, 5.41) is 8.83. The Labute approximate surface area is 90.1 Å². The van der Waals surface area contributed by atoms with E-state index in [-0.39, 0.29) is 30.1 Å². The number of hydrogen-bond donors (Lipinski definition) is 1. The normalized spacial score (nSPS) is 36.7. The third-order valence-electron chi connectivity index (χ3n) is 3.78. The predicted molar refractivity (Wildman–Crippen MR) is 55.6 cm³/mol. The molecule has 84 valence electrons. The summed E-state index contributed by atoms with van der Waals surface area (Å²) in [4.78, 5) is 10.7. The van der Waals surface area contributed by atoms with E-state index in [0.29, 0.717) is 6.42 Å². The van der Waals surface area contributed by atoms with Gasteiger partial charge in [-0.1, -0.05) is 0 Å². The first kappa shape index (κ1) is 11.0. The maximum Gasteiger partial charge on any atom is 0.462 e. The molecule has 2 rings (SSSR count). The van der Waals surface area contributed by atoms with Gasteiger partial charge in [-0.2, -0.15) is 0 Å². The van der Waals surface area contributed by atoms with Crippen LogP contribution in [0.4, 0.5) is 0 Å². The Balaban J connectivity index is 2.03. The summed E-state index contributed by atoms with van der Waals surface area (Å²) in [5.41, 5.74) is -0.716. The smallest absolute Gasteiger partial charge is 0.462 e. The molecule has 0 spiro atoms. The molecule has 0 bridgehead atoms. The fraction of sp³-hybridized carbons (Fsp3) is 0.900. The first-order valence-electron chi connectivity index (χ1n) is 5.33. The van der Waals surface area contributed by atoms with Crippen LogP contribution in [-0.2, 0) is 14.1 Å². The zero-order valence-electron chi connectivity index (χ0n) is 9.61. The van der Waals surface area contributed by atoms with Crippen molar-refractivity contribution < 1.29 is 19.2 Å². The zero-order chi connectivity index (χ0) is 11.4. The quantitative estimate of drug-likeness (QED) is 0.705. The van der Waals surface area contributed by atoms with Gasteiger partial charge in [0.2, 0.25) is 0 Å². The molecular formula is C10H17BO4. The minimum atomic E-state index is -0.741. The monoisotopic (exact) mass is 212 g/mol.